The first kappa shape index (κ1) is 18.7. The van der Waals surface area contributed by atoms with Gasteiger partial charge in [0.15, 0.2) is 0 Å². The summed E-state index contributed by atoms with van der Waals surface area (Å²) in [5.41, 5.74) is -1.98. The maximum absolute atomic E-state index is 13.0. The van der Waals surface area contributed by atoms with Crippen molar-refractivity contribution in [2.24, 2.45) is 10.6 Å². The summed E-state index contributed by atoms with van der Waals surface area (Å²) in [7, 11) is -4.23. The minimum atomic E-state index is -4.75. The average molecular weight is 340 g/mol. The molecule has 0 aliphatic heterocycles. The molecule has 0 aliphatic carbocycles. The van der Waals surface area contributed by atoms with Crippen LogP contribution in [0.2, 0.25) is 0 Å². The second kappa shape index (κ2) is 6.05. The van der Waals surface area contributed by atoms with Crippen LogP contribution in [0.4, 0.5) is 18.9 Å². The number of aliphatic hydroxyl groups is 1. The van der Waals surface area contributed by atoms with E-state index in [0.717, 1.165) is 12.1 Å². The molecule has 22 heavy (non-hydrogen) atoms. The quantitative estimate of drug-likeness (QED) is 0.783. The molecule has 126 valence electrons. The molecule has 1 unspecified atom stereocenters. The predicted molar refractivity (Wildman–Crippen MR) is 76.8 cm³/mol. The van der Waals surface area contributed by atoms with Crippen LogP contribution in [0.3, 0.4) is 0 Å². The molecule has 1 rings (SSSR count). The highest BCUT2D eigenvalue weighted by Crippen LogP contribution is 2.36. The van der Waals surface area contributed by atoms with E-state index in [2.05, 4.69) is 5.32 Å². The lowest BCUT2D eigenvalue weighted by Gasteiger charge is -2.27. The SMILES string of the molecule is CC(C)(C)C(O)CNc1ccc(S(N)(=O)=O)cc1C(F)(F)F. The fourth-order valence-corrected chi connectivity index (χ4v) is 2.14. The van der Waals surface area contributed by atoms with Gasteiger partial charge in [-0.25, -0.2) is 13.6 Å². The molecular weight excluding hydrogens is 321 g/mol. The molecule has 0 saturated heterocycles. The Labute approximate surface area is 127 Å². The lowest BCUT2D eigenvalue weighted by atomic mass is 9.89. The number of hydrogen-bond donors (Lipinski definition) is 3. The summed E-state index contributed by atoms with van der Waals surface area (Å²) in [5.74, 6) is 0. The summed E-state index contributed by atoms with van der Waals surface area (Å²) in [6, 6.07) is 2.44. The first-order chi connectivity index (χ1) is 9.73. The largest absolute Gasteiger partial charge is 0.418 e. The maximum Gasteiger partial charge on any atom is 0.418 e. The van der Waals surface area contributed by atoms with Gasteiger partial charge in [-0.3, -0.25) is 0 Å². The standard InChI is InChI=1S/C13H19F3N2O3S/c1-12(2,3)11(19)7-18-10-5-4-8(22(17,20)21)6-9(10)13(14,15)16/h4-6,11,18-19H,7H2,1-3H3,(H2,17,20,21). The van der Waals surface area contributed by atoms with E-state index in [1.165, 1.54) is 0 Å². The van der Waals surface area contributed by atoms with Gasteiger partial charge in [0, 0.05) is 12.2 Å². The molecule has 0 spiro atoms. The average Bonchev–Trinajstić information content (AvgIpc) is 2.32. The zero-order valence-electron chi connectivity index (χ0n) is 12.4. The third kappa shape index (κ3) is 4.85. The lowest BCUT2D eigenvalue weighted by Crippen LogP contribution is -2.33. The van der Waals surface area contributed by atoms with E-state index in [4.69, 9.17) is 5.14 Å². The van der Waals surface area contributed by atoms with Gasteiger partial charge < -0.3 is 10.4 Å². The van der Waals surface area contributed by atoms with Crippen molar-refractivity contribution in [3.63, 3.8) is 0 Å². The summed E-state index contributed by atoms with van der Waals surface area (Å²) in [6.07, 6.45) is -5.64. The van der Waals surface area contributed by atoms with E-state index in [1.807, 2.05) is 0 Å². The van der Waals surface area contributed by atoms with E-state index in [-0.39, 0.29) is 12.2 Å². The highest BCUT2D eigenvalue weighted by molar-refractivity contribution is 7.89. The zero-order chi connectivity index (χ0) is 17.3. The van der Waals surface area contributed by atoms with Crippen LogP contribution in [0.5, 0.6) is 0 Å². The van der Waals surface area contributed by atoms with Crippen LogP contribution < -0.4 is 10.5 Å². The number of alkyl halides is 3. The molecule has 5 nitrogen and oxygen atoms in total. The van der Waals surface area contributed by atoms with Gasteiger partial charge in [-0.2, -0.15) is 13.2 Å². The Kier molecular flexibility index (Phi) is 5.15. The molecule has 0 saturated carbocycles. The van der Waals surface area contributed by atoms with Gasteiger partial charge in [0.1, 0.15) is 0 Å². The van der Waals surface area contributed by atoms with Crippen molar-refractivity contribution in [3.8, 4) is 0 Å². The molecule has 0 radical (unpaired) electrons. The summed E-state index contributed by atoms with van der Waals surface area (Å²) in [5, 5.41) is 17.2. The molecule has 0 bridgehead atoms. The molecule has 1 aromatic rings. The number of sulfonamides is 1. The van der Waals surface area contributed by atoms with Gasteiger partial charge in [-0.05, 0) is 23.6 Å². The van der Waals surface area contributed by atoms with E-state index in [0.29, 0.717) is 6.07 Å². The molecule has 0 aliphatic rings. The van der Waals surface area contributed by atoms with E-state index in [9.17, 15) is 26.7 Å². The molecule has 0 amide bonds. The summed E-state index contributed by atoms with van der Waals surface area (Å²) >= 11 is 0. The Hall–Kier alpha value is -1.32. The van der Waals surface area contributed by atoms with Crippen LogP contribution in [0.15, 0.2) is 23.1 Å². The first-order valence-electron chi connectivity index (χ1n) is 6.39. The van der Waals surface area contributed by atoms with Gasteiger partial charge >= 0.3 is 6.18 Å². The molecule has 1 atom stereocenters. The van der Waals surface area contributed by atoms with Crippen molar-refractivity contribution in [2.75, 3.05) is 11.9 Å². The fraction of sp³-hybridized carbons (Fsp3) is 0.538. The number of halogens is 3. The van der Waals surface area contributed by atoms with Gasteiger partial charge in [-0.1, -0.05) is 20.8 Å². The van der Waals surface area contributed by atoms with E-state index >= 15 is 0 Å². The van der Waals surface area contributed by atoms with Gasteiger partial charge in [0.05, 0.1) is 16.6 Å². The van der Waals surface area contributed by atoms with E-state index < -0.39 is 38.2 Å². The summed E-state index contributed by atoms with van der Waals surface area (Å²) < 4.78 is 61.5. The van der Waals surface area contributed by atoms with Crippen LogP contribution in [0, 0.1) is 5.41 Å². The van der Waals surface area contributed by atoms with Crippen LogP contribution in [-0.2, 0) is 16.2 Å². The van der Waals surface area contributed by atoms with Crippen molar-refractivity contribution in [2.45, 2.75) is 37.9 Å². The van der Waals surface area contributed by atoms with Crippen LogP contribution in [-0.4, -0.2) is 26.2 Å². The van der Waals surface area contributed by atoms with Crippen LogP contribution in [0.25, 0.3) is 0 Å². The van der Waals surface area contributed by atoms with Crippen molar-refractivity contribution in [1.82, 2.24) is 0 Å². The third-order valence-corrected chi connectivity index (χ3v) is 4.02. The highest BCUT2D eigenvalue weighted by Gasteiger charge is 2.35. The first-order valence-corrected chi connectivity index (χ1v) is 7.93. The molecule has 9 heteroatoms. The minimum absolute atomic E-state index is 0.110. The smallest absolute Gasteiger partial charge is 0.391 e. The van der Waals surface area contributed by atoms with Crippen molar-refractivity contribution in [1.29, 1.82) is 0 Å². The predicted octanol–water partition coefficient (Wildman–Crippen LogP) is 2.17. The molecule has 0 aromatic heterocycles. The Balaban J connectivity index is 3.15. The number of hydrogen-bond acceptors (Lipinski definition) is 4. The molecule has 0 fully saturated rings. The lowest BCUT2D eigenvalue weighted by molar-refractivity contribution is -0.137. The third-order valence-electron chi connectivity index (χ3n) is 3.11. The van der Waals surface area contributed by atoms with E-state index in [1.54, 1.807) is 20.8 Å². The second-order valence-corrected chi connectivity index (χ2v) is 7.57. The monoisotopic (exact) mass is 340 g/mol. The van der Waals surface area contributed by atoms with Crippen molar-refractivity contribution >= 4 is 15.7 Å². The number of benzene rings is 1. The second-order valence-electron chi connectivity index (χ2n) is 6.01. The van der Waals surface area contributed by atoms with Gasteiger partial charge in [-0.15, -0.1) is 0 Å². The Morgan fingerprint density at radius 3 is 2.23 bits per heavy atom. The maximum atomic E-state index is 13.0. The van der Waals surface area contributed by atoms with Crippen molar-refractivity contribution in [3.05, 3.63) is 23.8 Å². The number of primary sulfonamides is 1. The van der Waals surface area contributed by atoms with Crippen LogP contribution >= 0.6 is 0 Å². The molecule has 0 heterocycles. The fourth-order valence-electron chi connectivity index (χ4n) is 1.60. The summed E-state index contributed by atoms with van der Waals surface area (Å²) in [6.45, 7) is 5.12. The number of aliphatic hydroxyl groups excluding tert-OH is 1. The Bertz CT molecular complexity index is 637. The normalized spacial score (nSPS) is 14.7. The number of anilines is 1. The molecule has 4 N–H and O–H groups in total. The van der Waals surface area contributed by atoms with Gasteiger partial charge in [0.25, 0.3) is 0 Å². The molecular formula is C13H19F3N2O3S. The van der Waals surface area contributed by atoms with Crippen molar-refractivity contribution < 1.29 is 26.7 Å². The van der Waals surface area contributed by atoms with Gasteiger partial charge in [0.2, 0.25) is 10.0 Å². The van der Waals surface area contributed by atoms with Crippen LogP contribution in [0.1, 0.15) is 26.3 Å². The Morgan fingerprint density at radius 2 is 1.82 bits per heavy atom. The topological polar surface area (TPSA) is 92.4 Å². The molecule has 1 aromatic carbocycles. The zero-order valence-corrected chi connectivity index (χ0v) is 13.2. The number of nitrogens with one attached hydrogen (secondary N) is 1. The number of rotatable bonds is 4. The highest BCUT2D eigenvalue weighted by atomic mass is 32.2. The summed E-state index contributed by atoms with van der Waals surface area (Å²) in [4.78, 5) is -0.623. The Morgan fingerprint density at radius 1 is 1.27 bits per heavy atom. The minimum Gasteiger partial charge on any atom is -0.391 e. The number of nitrogens with two attached hydrogens (primary N) is 1.